The first-order valence-electron chi connectivity index (χ1n) is 10.3. The van der Waals surface area contributed by atoms with Gasteiger partial charge in [0.2, 0.25) is 0 Å². The van der Waals surface area contributed by atoms with E-state index in [2.05, 4.69) is 15.2 Å². The molecular weight excluding hydrogens is 487 g/mol. The van der Waals surface area contributed by atoms with Gasteiger partial charge in [0.25, 0.3) is 4.92 Å². The topological polar surface area (TPSA) is 72.9 Å². The average Bonchev–Trinajstić information content (AvgIpc) is 3.13. The Morgan fingerprint density at radius 3 is 2.35 bits per heavy atom. The largest absolute Gasteiger partial charge is 0.416 e. The molecule has 34 heavy (non-hydrogen) atoms. The van der Waals surface area contributed by atoms with E-state index < -0.39 is 11.7 Å². The smallest absolute Gasteiger partial charge is 0.309 e. The van der Waals surface area contributed by atoms with Crippen LogP contribution < -0.4 is 0 Å². The predicted octanol–water partition coefficient (Wildman–Crippen LogP) is 6.54. The fourth-order valence-corrected chi connectivity index (χ4v) is 5.14. The maximum Gasteiger partial charge on any atom is 0.416 e. The van der Waals surface area contributed by atoms with Crippen molar-refractivity contribution in [3.63, 3.8) is 0 Å². The fraction of sp³-hybridized carbons (Fsp3) is 0.409. The molecule has 0 saturated heterocycles. The SMILES string of the molecule is CCSc1cc(SC(C)(C)C)c([N+](=O)OC)cc1-c1nnc(-c2cc(C(F)(F)F)ccn2)n1C. The summed E-state index contributed by atoms with van der Waals surface area (Å²) in [7, 11) is 2.93. The Morgan fingerprint density at radius 1 is 1.09 bits per heavy atom. The van der Waals surface area contributed by atoms with Crippen molar-refractivity contribution in [3.05, 3.63) is 40.9 Å². The minimum atomic E-state index is -4.50. The van der Waals surface area contributed by atoms with Gasteiger partial charge < -0.3 is 4.57 Å². The molecule has 0 aliphatic rings. The fourth-order valence-electron chi connectivity index (χ4n) is 3.17. The first kappa shape index (κ1) is 26.0. The lowest BCUT2D eigenvalue weighted by atomic mass is 10.1. The van der Waals surface area contributed by atoms with E-state index >= 15 is 0 Å². The van der Waals surface area contributed by atoms with Gasteiger partial charge in [-0.15, -0.1) is 33.7 Å². The summed E-state index contributed by atoms with van der Waals surface area (Å²) >= 11 is 3.10. The molecule has 0 fully saturated rings. The van der Waals surface area contributed by atoms with Crippen LogP contribution in [-0.2, 0) is 18.1 Å². The number of aromatic nitrogens is 4. The van der Waals surface area contributed by atoms with Crippen LogP contribution in [0.15, 0.2) is 40.3 Å². The summed E-state index contributed by atoms with van der Waals surface area (Å²) in [4.78, 5) is 23.6. The van der Waals surface area contributed by atoms with Crippen LogP contribution in [0.5, 0.6) is 0 Å². The van der Waals surface area contributed by atoms with E-state index in [9.17, 15) is 18.1 Å². The van der Waals surface area contributed by atoms with Crippen molar-refractivity contribution in [2.45, 2.75) is 48.4 Å². The molecule has 0 aliphatic heterocycles. The molecule has 7 nitrogen and oxygen atoms in total. The lowest BCUT2D eigenvalue weighted by molar-refractivity contribution is -0.738. The molecule has 3 rings (SSSR count). The number of thioether (sulfide) groups is 2. The average molecular weight is 513 g/mol. The van der Waals surface area contributed by atoms with Crippen LogP contribution in [0, 0.1) is 4.91 Å². The molecule has 1 aromatic carbocycles. The quantitative estimate of drug-likeness (QED) is 0.263. The maximum absolute atomic E-state index is 13.2. The Labute approximate surface area is 204 Å². The van der Waals surface area contributed by atoms with Crippen LogP contribution in [0.25, 0.3) is 22.9 Å². The highest BCUT2D eigenvalue weighted by molar-refractivity contribution is 8.01. The lowest BCUT2D eigenvalue weighted by Gasteiger charge is -2.18. The van der Waals surface area contributed by atoms with Gasteiger partial charge in [-0.2, -0.15) is 13.2 Å². The summed E-state index contributed by atoms with van der Waals surface area (Å²) in [5, 5.41) is 8.35. The van der Waals surface area contributed by atoms with Crippen molar-refractivity contribution in [1.29, 1.82) is 0 Å². The molecule has 0 radical (unpaired) electrons. The van der Waals surface area contributed by atoms with Crippen LogP contribution in [-0.4, -0.2) is 42.3 Å². The molecule has 12 heteroatoms. The third-order valence-corrected chi connectivity index (χ3v) is 6.67. The van der Waals surface area contributed by atoms with Gasteiger partial charge in [0.15, 0.2) is 18.8 Å². The van der Waals surface area contributed by atoms with Gasteiger partial charge in [0, 0.05) is 34.5 Å². The molecule has 0 bridgehead atoms. The standard InChI is InChI=1S/C22H25F3N5O2S2/c1-7-33-17-12-18(34-21(2,3)4)16(30(31)32-6)11-14(17)19-27-28-20(29(19)5)15-10-13(8-9-26-15)22(23,24)25/h8-12H,7H2,1-6H3/q+1. The number of benzene rings is 1. The van der Waals surface area contributed by atoms with E-state index in [1.807, 2.05) is 33.8 Å². The molecular formula is C22H25F3N5O2S2+. The van der Waals surface area contributed by atoms with Crippen LogP contribution in [0.4, 0.5) is 18.9 Å². The zero-order chi connectivity index (χ0) is 25.3. The molecule has 0 unspecified atom stereocenters. The minimum Gasteiger partial charge on any atom is -0.309 e. The zero-order valence-electron chi connectivity index (χ0n) is 19.6. The molecule has 0 atom stereocenters. The summed E-state index contributed by atoms with van der Waals surface area (Å²) in [5.74, 6) is 1.33. The first-order valence-corrected chi connectivity index (χ1v) is 12.1. The molecule has 3 aromatic rings. The van der Waals surface area contributed by atoms with Gasteiger partial charge in [-0.1, -0.05) is 27.7 Å². The summed E-state index contributed by atoms with van der Waals surface area (Å²) in [6, 6.07) is 5.43. The summed E-state index contributed by atoms with van der Waals surface area (Å²) in [6.07, 6.45) is -3.41. The normalized spacial score (nSPS) is 12.1. The molecule has 0 N–H and O–H groups in total. The number of halogens is 3. The van der Waals surface area contributed by atoms with Gasteiger partial charge in [-0.05, 0) is 24.0 Å². The second-order valence-corrected chi connectivity index (χ2v) is 11.4. The van der Waals surface area contributed by atoms with Crippen molar-refractivity contribution in [3.8, 4) is 22.9 Å². The molecule has 2 heterocycles. The molecule has 2 aromatic heterocycles. The van der Waals surface area contributed by atoms with E-state index in [1.54, 1.807) is 29.4 Å². The van der Waals surface area contributed by atoms with Gasteiger partial charge in [-0.3, -0.25) is 4.98 Å². The van der Waals surface area contributed by atoms with E-state index in [0.717, 1.165) is 33.9 Å². The Kier molecular flexibility index (Phi) is 7.61. The van der Waals surface area contributed by atoms with Gasteiger partial charge in [0.1, 0.15) is 5.69 Å². The number of nitrogens with zero attached hydrogens (tertiary/aromatic N) is 5. The summed E-state index contributed by atoms with van der Waals surface area (Å²) < 4.78 is 40.9. The molecule has 0 saturated carbocycles. The minimum absolute atomic E-state index is 0.0447. The molecule has 0 spiro atoms. The predicted molar refractivity (Wildman–Crippen MR) is 127 cm³/mol. The Hall–Kier alpha value is -2.60. The van der Waals surface area contributed by atoms with E-state index in [1.165, 1.54) is 18.9 Å². The van der Waals surface area contributed by atoms with Gasteiger partial charge in [0.05, 0.1) is 15.4 Å². The van der Waals surface area contributed by atoms with Crippen LogP contribution in [0.1, 0.15) is 33.3 Å². The number of alkyl halides is 3. The second-order valence-electron chi connectivity index (χ2n) is 8.24. The van der Waals surface area contributed by atoms with Crippen molar-refractivity contribution in [2.75, 3.05) is 12.9 Å². The zero-order valence-corrected chi connectivity index (χ0v) is 21.2. The Morgan fingerprint density at radius 2 is 1.76 bits per heavy atom. The number of hydrogen-bond acceptors (Lipinski definition) is 7. The van der Waals surface area contributed by atoms with Crippen molar-refractivity contribution in [1.82, 2.24) is 19.7 Å². The molecule has 0 aliphatic carbocycles. The van der Waals surface area contributed by atoms with Crippen molar-refractivity contribution >= 4 is 29.2 Å². The second kappa shape index (κ2) is 9.95. The van der Waals surface area contributed by atoms with E-state index in [-0.39, 0.29) is 16.3 Å². The third-order valence-electron chi connectivity index (χ3n) is 4.57. The highest BCUT2D eigenvalue weighted by Gasteiger charge is 2.32. The highest BCUT2D eigenvalue weighted by atomic mass is 32.2. The van der Waals surface area contributed by atoms with Crippen LogP contribution >= 0.6 is 23.5 Å². The maximum atomic E-state index is 13.2. The van der Waals surface area contributed by atoms with Gasteiger partial charge >= 0.3 is 11.9 Å². The summed E-state index contributed by atoms with van der Waals surface area (Å²) in [6.45, 7) is 8.13. The van der Waals surface area contributed by atoms with Crippen molar-refractivity contribution < 1.29 is 22.9 Å². The molecule has 0 amide bonds. The number of pyridine rings is 1. The Balaban J connectivity index is 2.18. The first-order chi connectivity index (χ1) is 15.9. The third kappa shape index (κ3) is 5.72. The monoisotopic (exact) mass is 512 g/mol. The number of rotatable bonds is 7. The van der Waals surface area contributed by atoms with Crippen LogP contribution in [0.2, 0.25) is 0 Å². The summed E-state index contributed by atoms with van der Waals surface area (Å²) in [5.41, 5.74) is 0.145. The lowest BCUT2D eigenvalue weighted by Crippen LogP contribution is -2.09. The van der Waals surface area contributed by atoms with E-state index in [0.29, 0.717) is 22.0 Å². The Bertz CT molecular complexity index is 1210. The van der Waals surface area contributed by atoms with Gasteiger partial charge in [-0.25, -0.2) is 4.84 Å². The van der Waals surface area contributed by atoms with Crippen molar-refractivity contribution in [2.24, 2.45) is 7.05 Å². The highest BCUT2D eigenvalue weighted by Crippen LogP contribution is 2.44. The number of hydrogen-bond donors (Lipinski definition) is 0. The van der Waals surface area contributed by atoms with E-state index in [4.69, 9.17) is 4.84 Å². The molecule has 182 valence electrons. The van der Waals surface area contributed by atoms with Crippen LogP contribution in [0.3, 0.4) is 0 Å².